The summed E-state index contributed by atoms with van der Waals surface area (Å²) < 4.78 is 92.6. The highest BCUT2D eigenvalue weighted by molar-refractivity contribution is 6.26. The molecule has 0 amide bonds. The predicted octanol–water partition coefficient (Wildman–Crippen LogP) is 13.7. The van der Waals surface area contributed by atoms with E-state index in [1.54, 1.807) is 18.2 Å². The third-order valence-electron chi connectivity index (χ3n) is 9.36. The summed E-state index contributed by atoms with van der Waals surface area (Å²) >= 11 is 0. The Kier molecular flexibility index (Phi) is 4.39. The number of hydrogen-bond acceptors (Lipinski definition) is 1. The first-order chi connectivity index (χ1) is 28.4. The Labute approximate surface area is 298 Å². The molecule has 10 rings (SSSR count). The second-order valence-electron chi connectivity index (χ2n) is 12.1. The van der Waals surface area contributed by atoms with E-state index in [4.69, 9.17) is 18.1 Å². The summed E-state index contributed by atoms with van der Waals surface area (Å²) in [5.41, 5.74) is 5.15. The third kappa shape index (κ3) is 4.47. The maximum absolute atomic E-state index is 8.91. The van der Waals surface area contributed by atoms with Crippen molar-refractivity contribution in [2.75, 3.05) is 0 Å². The van der Waals surface area contributed by atoms with Gasteiger partial charge in [-0.2, -0.15) is 0 Å². The Bertz CT molecular complexity index is 3260. The summed E-state index contributed by atoms with van der Waals surface area (Å²) in [6.07, 6.45) is 0. The molecule has 49 heavy (non-hydrogen) atoms. The minimum absolute atomic E-state index is 0.0669. The van der Waals surface area contributed by atoms with Crippen molar-refractivity contribution in [3.8, 4) is 44.5 Å². The molecule has 0 fully saturated rings. The van der Waals surface area contributed by atoms with Gasteiger partial charge in [-0.05, 0) is 113 Å². The third-order valence-corrected chi connectivity index (χ3v) is 9.36. The minimum Gasteiger partial charge on any atom is -0.456 e. The molecule has 1 heterocycles. The molecule has 0 unspecified atom stereocenters. The molecule has 1 heteroatoms. The van der Waals surface area contributed by atoms with Crippen molar-refractivity contribution in [2.24, 2.45) is 0 Å². The van der Waals surface area contributed by atoms with Crippen molar-refractivity contribution >= 4 is 54.3 Å². The quantitative estimate of drug-likeness (QED) is 0.176. The summed E-state index contributed by atoms with van der Waals surface area (Å²) in [5.74, 6) is 0. The van der Waals surface area contributed by atoms with Crippen LogP contribution in [0.15, 0.2) is 186 Å². The summed E-state index contributed by atoms with van der Waals surface area (Å²) in [4.78, 5) is 0. The van der Waals surface area contributed by atoms with Gasteiger partial charge in [0.15, 0.2) is 0 Å². The SMILES string of the molecule is [2H]c1c([2H])c([2H])c(-c2cc(-c3c([2H])c([2H])c([2H])c([2H])c3[2H])cc(-c3c4ccccc4c(-c4cccc5oc6cc7ccccc7cc6c45)c4ccccc34)c2)c([2H])c1[2H]. The molecule has 0 saturated heterocycles. The molecule has 1 aromatic heterocycles. The fourth-order valence-corrected chi connectivity index (χ4v) is 7.30. The molecule has 0 bridgehead atoms. The van der Waals surface area contributed by atoms with Crippen LogP contribution in [0.3, 0.4) is 0 Å². The first-order valence-electron chi connectivity index (χ1n) is 21.0. The van der Waals surface area contributed by atoms with Crippen LogP contribution in [0.5, 0.6) is 0 Å². The van der Waals surface area contributed by atoms with E-state index in [-0.39, 0.29) is 22.3 Å². The lowest BCUT2D eigenvalue weighted by Gasteiger charge is -2.19. The molecule has 0 saturated carbocycles. The number of furan rings is 1. The molecule has 0 radical (unpaired) electrons. The molecule has 0 atom stereocenters. The maximum atomic E-state index is 8.91. The molecule has 0 aliphatic heterocycles. The average Bonchev–Trinajstić information content (AvgIpc) is 3.62. The van der Waals surface area contributed by atoms with Crippen LogP contribution in [0.25, 0.3) is 98.8 Å². The predicted molar refractivity (Wildman–Crippen MR) is 208 cm³/mol. The van der Waals surface area contributed by atoms with Crippen LogP contribution >= 0.6 is 0 Å². The van der Waals surface area contributed by atoms with Crippen LogP contribution in [0.4, 0.5) is 0 Å². The molecule has 0 aliphatic rings. The average molecular weight is 633 g/mol. The number of rotatable bonds is 4. The van der Waals surface area contributed by atoms with E-state index in [1.807, 2.05) is 60.7 Å². The van der Waals surface area contributed by atoms with E-state index in [9.17, 15) is 0 Å². The first kappa shape index (κ1) is 19.4. The van der Waals surface area contributed by atoms with E-state index in [0.29, 0.717) is 5.56 Å². The van der Waals surface area contributed by atoms with Gasteiger partial charge in [-0.25, -0.2) is 0 Å². The van der Waals surface area contributed by atoms with Crippen molar-refractivity contribution in [1.29, 1.82) is 0 Å². The zero-order chi connectivity index (χ0) is 41.0. The largest absolute Gasteiger partial charge is 0.456 e. The lowest BCUT2D eigenvalue weighted by Crippen LogP contribution is -1.92. The molecular formula is C48H30O. The molecule has 0 spiro atoms. The first-order valence-corrected chi connectivity index (χ1v) is 16.0. The Morgan fingerprint density at radius 2 is 0.878 bits per heavy atom. The highest BCUT2D eigenvalue weighted by atomic mass is 16.3. The van der Waals surface area contributed by atoms with Gasteiger partial charge in [-0.1, -0.05) is 145 Å². The van der Waals surface area contributed by atoms with E-state index >= 15 is 0 Å². The maximum Gasteiger partial charge on any atom is 0.136 e. The Hall–Kier alpha value is -6.44. The summed E-state index contributed by atoms with van der Waals surface area (Å²) in [5, 5.41) is 7.67. The normalized spacial score (nSPS) is 14.5. The molecule has 228 valence electrons. The van der Waals surface area contributed by atoms with Gasteiger partial charge in [0.2, 0.25) is 0 Å². The smallest absolute Gasteiger partial charge is 0.136 e. The van der Waals surface area contributed by atoms with E-state index in [2.05, 4.69) is 42.5 Å². The van der Waals surface area contributed by atoms with Gasteiger partial charge in [-0.3, -0.25) is 0 Å². The fraction of sp³-hybridized carbons (Fsp3) is 0. The van der Waals surface area contributed by atoms with E-state index < -0.39 is 60.4 Å². The topological polar surface area (TPSA) is 13.1 Å². The van der Waals surface area contributed by atoms with Gasteiger partial charge in [0, 0.05) is 10.8 Å². The van der Waals surface area contributed by atoms with Crippen molar-refractivity contribution in [3.05, 3.63) is 182 Å². The van der Waals surface area contributed by atoms with Gasteiger partial charge in [0.05, 0.1) is 13.7 Å². The van der Waals surface area contributed by atoms with Crippen molar-refractivity contribution in [3.63, 3.8) is 0 Å². The number of hydrogen-bond donors (Lipinski definition) is 0. The van der Waals surface area contributed by atoms with Crippen LogP contribution < -0.4 is 0 Å². The highest BCUT2D eigenvalue weighted by Gasteiger charge is 2.21. The monoisotopic (exact) mass is 632 g/mol. The molecule has 9 aromatic carbocycles. The standard InChI is InChI=1S/C48H30O/c1-3-14-31(15-4-1)35-26-36(32-16-5-2-6-17-32)28-37(27-35)46-38-20-9-11-22-40(38)47(41-23-12-10-21-39(41)46)42-24-13-25-44-48(42)43-29-33-18-7-8-19-34(33)30-45(43)49-44/h1-30H/i1D,2D,3D,4D,5D,6D,14D,15D,16D,17D. The molecule has 1 nitrogen and oxygen atoms in total. The van der Waals surface area contributed by atoms with Gasteiger partial charge in [-0.15, -0.1) is 0 Å². The summed E-state index contributed by atoms with van der Waals surface area (Å²) in [7, 11) is 0. The lowest BCUT2D eigenvalue weighted by atomic mass is 9.83. The second-order valence-corrected chi connectivity index (χ2v) is 12.1. The molecule has 10 aromatic rings. The number of fused-ring (bicyclic) bond motifs is 6. The van der Waals surface area contributed by atoms with Crippen molar-refractivity contribution in [1.82, 2.24) is 0 Å². The van der Waals surface area contributed by atoms with E-state index in [1.165, 1.54) is 0 Å². The van der Waals surface area contributed by atoms with Crippen LogP contribution in [0, 0.1) is 0 Å². The summed E-state index contributed by atoms with van der Waals surface area (Å²) in [6, 6.07) is 34.8. The van der Waals surface area contributed by atoms with Crippen molar-refractivity contribution in [2.45, 2.75) is 0 Å². The number of benzene rings is 9. The second kappa shape index (κ2) is 11.1. The van der Waals surface area contributed by atoms with Crippen molar-refractivity contribution < 1.29 is 18.1 Å². The van der Waals surface area contributed by atoms with Crippen LogP contribution in [0.2, 0.25) is 0 Å². The Morgan fingerprint density at radius 3 is 1.47 bits per heavy atom. The molecule has 0 N–H and O–H groups in total. The summed E-state index contributed by atoms with van der Waals surface area (Å²) in [6.45, 7) is 0. The van der Waals surface area contributed by atoms with Crippen LogP contribution in [-0.2, 0) is 0 Å². The van der Waals surface area contributed by atoms with Gasteiger partial charge >= 0.3 is 0 Å². The highest BCUT2D eigenvalue weighted by Crippen LogP contribution is 2.48. The Balaban J connectivity index is 1.34. The van der Waals surface area contributed by atoms with Gasteiger partial charge < -0.3 is 4.42 Å². The van der Waals surface area contributed by atoms with Crippen LogP contribution in [-0.4, -0.2) is 0 Å². The van der Waals surface area contributed by atoms with Gasteiger partial charge in [0.25, 0.3) is 0 Å². The fourth-order valence-electron chi connectivity index (χ4n) is 7.30. The van der Waals surface area contributed by atoms with Gasteiger partial charge in [0.1, 0.15) is 11.2 Å². The molecule has 0 aliphatic carbocycles. The minimum atomic E-state index is -0.535. The van der Waals surface area contributed by atoms with E-state index in [0.717, 1.165) is 70.9 Å². The zero-order valence-electron chi connectivity index (χ0n) is 36.0. The zero-order valence-corrected chi connectivity index (χ0v) is 26.0. The molecular weight excluding hydrogens is 593 g/mol. The Morgan fingerprint density at radius 1 is 0.367 bits per heavy atom. The lowest BCUT2D eigenvalue weighted by molar-refractivity contribution is 0.669. The van der Waals surface area contributed by atoms with Crippen LogP contribution in [0.1, 0.15) is 13.7 Å².